The van der Waals surface area contributed by atoms with Crippen molar-refractivity contribution < 1.29 is 4.79 Å². The monoisotopic (exact) mass is 256 g/mol. The van der Waals surface area contributed by atoms with Gasteiger partial charge in [-0.3, -0.25) is 9.78 Å². The molecule has 0 fully saturated rings. The number of nitrogens with one attached hydrogen (secondary N) is 1. The number of hydrogen-bond acceptors (Lipinski definition) is 4. The molecule has 2 rings (SSSR count). The summed E-state index contributed by atoms with van der Waals surface area (Å²) in [5.74, 6) is -0.0977. The Balaban J connectivity index is 2.06. The van der Waals surface area contributed by atoms with Crippen LogP contribution < -0.4 is 5.32 Å². The molecule has 1 N–H and O–H groups in total. The molecule has 0 saturated carbocycles. The molecule has 0 saturated heterocycles. The number of nitrogens with zero attached hydrogens (tertiary/aromatic N) is 3. The minimum Gasteiger partial charge on any atom is -0.387 e. The van der Waals surface area contributed by atoms with E-state index in [2.05, 4.69) is 15.3 Å². The van der Waals surface area contributed by atoms with E-state index in [0.717, 1.165) is 11.3 Å². The Hall–Kier alpha value is -2.43. The van der Waals surface area contributed by atoms with E-state index in [1.165, 1.54) is 0 Å². The fourth-order valence-electron chi connectivity index (χ4n) is 1.70. The van der Waals surface area contributed by atoms with Gasteiger partial charge in [-0.1, -0.05) is 0 Å². The van der Waals surface area contributed by atoms with Gasteiger partial charge in [0.05, 0.1) is 11.9 Å². The van der Waals surface area contributed by atoms with Gasteiger partial charge in [0, 0.05) is 33.0 Å². The second kappa shape index (κ2) is 5.95. The number of aromatic nitrogens is 2. The van der Waals surface area contributed by atoms with Crippen LogP contribution in [0.4, 0.5) is 5.69 Å². The standard InChI is InChI=1S/C14H16N4O/c1-15-12-3-4-13(17-9-12)14(19)18(2)10-11-5-7-16-8-6-11/h3-9,15H,10H2,1-2H3. The van der Waals surface area contributed by atoms with Crippen LogP contribution in [0.3, 0.4) is 0 Å². The second-order valence-corrected chi connectivity index (χ2v) is 4.20. The summed E-state index contributed by atoms with van der Waals surface area (Å²) in [6.45, 7) is 0.539. The summed E-state index contributed by atoms with van der Waals surface area (Å²) in [5.41, 5.74) is 2.36. The first-order valence-electron chi connectivity index (χ1n) is 5.99. The molecule has 19 heavy (non-hydrogen) atoms. The Morgan fingerprint density at radius 3 is 2.58 bits per heavy atom. The van der Waals surface area contributed by atoms with E-state index in [-0.39, 0.29) is 5.91 Å². The first kappa shape index (κ1) is 13.0. The lowest BCUT2D eigenvalue weighted by Crippen LogP contribution is -2.26. The van der Waals surface area contributed by atoms with Gasteiger partial charge in [-0.25, -0.2) is 4.98 Å². The quantitative estimate of drug-likeness (QED) is 0.906. The molecule has 2 heterocycles. The van der Waals surface area contributed by atoms with E-state index in [9.17, 15) is 4.79 Å². The molecule has 2 aromatic rings. The van der Waals surface area contributed by atoms with Gasteiger partial charge in [0.15, 0.2) is 0 Å². The van der Waals surface area contributed by atoms with E-state index in [0.29, 0.717) is 12.2 Å². The van der Waals surface area contributed by atoms with E-state index < -0.39 is 0 Å². The Labute approximate surface area is 112 Å². The van der Waals surface area contributed by atoms with E-state index in [1.54, 1.807) is 36.6 Å². The van der Waals surface area contributed by atoms with Crippen LogP contribution in [0.15, 0.2) is 42.9 Å². The first-order chi connectivity index (χ1) is 9.20. The Kier molecular flexibility index (Phi) is 4.07. The highest BCUT2D eigenvalue weighted by Crippen LogP contribution is 2.09. The minimum absolute atomic E-state index is 0.0977. The lowest BCUT2D eigenvalue weighted by molar-refractivity contribution is 0.0779. The molecule has 0 spiro atoms. The summed E-state index contributed by atoms with van der Waals surface area (Å²) >= 11 is 0. The first-order valence-corrected chi connectivity index (χ1v) is 5.99. The summed E-state index contributed by atoms with van der Waals surface area (Å²) in [6.07, 6.45) is 5.08. The molecule has 0 aliphatic rings. The highest BCUT2D eigenvalue weighted by Gasteiger charge is 2.13. The van der Waals surface area contributed by atoms with Crippen molar-refractivity contribution in [2.45, 2.75) is 6.54 Å². The molecule has 5 nitrogen and oxygen atoms in total. The predicted molar refractivity (Wildman–Crippen MR) is 73.8 cm³/mol. The van der Waals surface area contributed by atoms with Crippen molar-refractivity contribution in [3.63, 3.8) is 0 Å². The van der Waals surface area contributed by atoms with Crippen LogP contribution in [0.2, 0.25) is 0 Å². The zero-order chi connectivity index (χ0) is 13.7. The van der Waals surface area contributed by atoms with Crippen molar-refractivity contribution in [2.75, 3.05) is 19.4 Å². The van der Waals surface area contributed by atoms with Gasteiger partial charge in [-0.2, -0.15) is 0 Å². The normalized spacial score (nSPS) is 10.0. The van der Waals surface area contributed by atoms with Gasteiger partial charge in [0.2, 0.25) is 0 Å². The van der Waals surface area contributed by atoms with Gasteiger partial charge in [0.1, 0.15) is 5.69 Å². The lowest BCUT2D eigenvalue weighted by Gasteiger charge is -2.16. The smallest absolute Gasteiger partial charge is 0.272 e. The molecule has 1 amide bonds. The van der Waals surface area contributed by atoms with Crippen molar-refractivity contribution in [2.24, 2.45) is 0 Å². The van der Waals surface area contributed by atoms with Crippen molar-refractivity contribution in [1.82, 2.24) is 14.9 Å². The van der Waals surface area contributed by atoms with Gasteiger partial charge in [0.25, 0.3) is 5.91 Å². The molecule has 0 aromatic carbocycles. The molecular weight excluding hydrogens is 240 g/mol. The number of carbonyl (C=O) groups is 1. The maximum Gasteiger partial charge on any atom is 0.272 e. The van der Waals surface area contributed by atoms with E-state index in [1.807, 2.05) is 25.2 Å². The molecular formula is C14H16N4O. The van der Waals surface area contributed by atoms with Crippen LogP contribution in [-0.2, 0) is 6.54 Å². The largest absolute Gasteiger partial charge is 0.387 e. The molecule has 0 unspecified atom stereocenters. The van der Waals surface area contributed by atoms with Crippen LogP contribution in [0.5, 0.6) is 0 Å². The van der Waals surface area contributed by atoms with E-state index >= 15 is 0 Å². The van der Waals surface area contributed by atoms with Crippen LogP contribution >= 0.6 is 0 Å². The molecule has 0 aliphatic carbocycles. The molecule has 5 heteroatoms. The van der Waals surface area contributed by atoms with Gasteiger partial charge >= 0.3 is 0 Å². The third-order valence-electron chi connectivity index (χ3n) is 2.79. The average molecular weight is 256 g/mol. The number of hydrogen-bond donors (Lipinski definition) is 1. The number of pyridine rings is 2. The summed E-state index contributed by atoms with van der Waals surface area (Å²) in [6, 6.07) is 7.33. The predicted octanol–water partition coefficient (Wildman–Crippen LogP) is 1.79. The fourth-order valence-corrected chi connectivity index (χ4v) is 1.70. The fraction of sp³-hybridized carbons (Fsp3) is 0.214. The molecule has 0 radical (unpaired) electrons. The molecule has 2 aromatic heterocycles. The summed E-state index contributed by atoms with van der Waals surface area (Å²) in [5, 5.41) is 2.97. The van der Waals surface area contributed by atoms with Gasteiger partial charge in [-0.15, -0.1) is 0 Å². The summed E-state index contributed by atoms with van der Waals surface area (Å²) in [4.78, 5) is 21.9. The summed E-state index contributed by atoms with van der Waals surface area (Å²) in [7, 11) is 3.57. The maximum absolute atomic E-state index is 12.2. The van der Waals surface area contributed by atoms with Gasteiger partial charge in [-0.05, 0) is 29.8 Å². The van der Waals surface area contributed by atoms with Crippen molar-refractivity contribution in [1.29, 1.82) is 0 Å². The maximum atomic E-state index is 12.2. The van der Waals surface area contributed by atoms with Crippen LogP contribution in [0, 0.1) is 0 Å². The number of rotatable bonds is 4. The van der Waals surface area contributed by atoms with Crippen LogP contribution in [0.1, 0.15) is 16.1 Å². The Morgan fingerprint density at radius 1 is 1.26 bits per heavy atom. The molecule has 0 atom stereocenters. The number of amides is 1. The number of anilines is 1. The number of carbonyl (C=O) groups excluding carboxylic acids is 1. The molecule has 0 bridgehead atoms. The lowest BCUT2D eigenvalue weighted by atomic mass is 10.2. The van der Waals surface area contributed by atoms with Crippen molar-refractivity contribution >= 4 is 11.6 Å². The third kappa shape index (κ3) is 3.28. The van der Waals surface area contributed by atoms with Gasteiger partial charge < -0.3 is 10.2 Å². The second-order valence-electron chi connectivity index (χ2n) is 4.20. The zero-order valence-electron chi connectivity index (χ0n) is 11.0. The van der Waals surface area contributed by atoms with E-state index in [4.69, 9.17) is 0 Å². The molecule has 98 valence electrons. The third-order valence-corrected chi connectivity index (χ3v) is 2.79. The molecule has 0 aliphatic heterocycles. The Morgan fingerprint density at radius 2 is 2.00 bits per heavy atom. The topological polar surface area (TPSA) is 58.1 Å². The van der Waals surface area contributed by atoms with Crippen molar-refractivity contribution in [3.05, 3.63) is 54.1 Å². The summed E-state index contributed by atoms with van der Waals surface area (Å²) < 4.78 is 0. The highest BCUT2D eigenvalue weighted by molar-refractivity contribution is 5.92. The van der Waals surface area contributed by atoms with Crippen molar-refractivity contribution in [3.8, 4) is 0 Å². The Bertz CT molecular complexity index is 539. The average Bonchev–Trinajstić information content (AvgIpc) is 2.47. The van der Waals surface area contributed by atoms with Crippen LogP contribution in [0.25, 0.3) is 0 Å². The highest BCUT2D eigenvalue weighted by atomic mass is 16.2. The zero-order valence-corrected chi connectivity index (χ0v) is 11.0. The SMILES string of the molecule is CNc1ccc(C(=O)N(C)Cc2ccncc2)nc1. The van der Waals surface area contributed by atoms with Crippen LogP contribution in [-0.4, -0.2) is 34.9 Å². The minimum atomic E-state index is -0.0977.